The lowest BCUT2D eigenvalue weighted by molar-refractivity contribution is -0.139. The summed E-state index contributed by atoms with van der Waals surface area (Å²) in [5.41, 5.74) is -2.06. The second kappa shape index (κ2) is 4.51. The van der Waals surface area contributed by atoms with Gasteiger partial charge in [0.25, 0.3) is 5.24 Å². The summed E-state index contributed by atoms with van der Waals surface area (Å²) in [4.78, 5) is 10.9. The van der Waals surface area contributed by atoms with Crippen LogP contribution in [0, 0.1) is 0 Å². The molecule has 0 aliphatic heterocycles. The third-order valence-electron chi connectivity index (χ3n) is 1.82. The molecule has 2 nitrogen and oxygen atoms in total. The standard InChI is InChI=1S/C9H5Cl2F3O2/c1-16-5-3-2-4(10)6(8(11)15)7(5)9(12,13)14/h2-3H,1H3. The minimum atomic E-state index is -4.77. The second-order valence-electron chi connectivity index (χ2n) is 2.77. The second-order valence-corrected chi connectivity index (χ2v) is 3.52. The van der Waals surface area contributed by atoms with E-state index >= 15 is 0 Å². The van der Waals surface area contributed by atoms with E-state index in [4.69, 9.17) is 23.2 Å². The van der Waals surface area contributed by atoms with E-state index in [1.807, 2.05) is 0 Å². The summed E-state index contributed by atoms with van der Waals surface area (Å²) in [6.45, 7) is 0. The summed E-state index contributed by atoms with van der Waals surface area (Å²) in [6.07, 6.45) is -4.77. The van der Waals surface area contributed by atoms with Crippen molar-refractivity contribution < 1.29 is 22.7 Å². The molecule has 0 aliphatic carbocycles. The molecule has 0 saturated heterocycles. The highest BCUT2D eigenvalue weighted by Gasteiger charge is 2.39. The van der Waals surface area contributed by atoms with Gasteiger partial charge in [0.15, 0.2) is 0 Å². The van der Waals surface area contributed by atoms with Gasteiger partial charge in [-0.25, -0.2) is 0 Å². The highest BCUT2D eigenvalue weighted by molar-refractivity contribution is 6.69. The van der Waals surface area contributed by atoms with Gasteiger partial charge < -0.3 is 4.74 Å². The number of hydrogen-bond acceptors (Lipinski definition) is 2. The largest absolute Gasteiger partial charge is 0.496 e. The number of carbonyl (C=O) groups is 1. The molecule has 1 aromatic rings. The Balaban J connectivity index is 3.62. The van der Waals surface area contributed by atoms with Gasteiger partial charge in [0.2, 0.25) is 0 Å². The van der Waals surface area contributed by atoms with E-state index in [1.54, 1.807) is 0 Å². The van der Waals surface area contributed by atoms with E-state index in [2.05, 4.69) is 4.74 Å². The SMILES string of the molecule is COc1ccc(Cl)c(C(=O)Cl)c1C(F)(F)F. The zero-order valence-electron chi connectivity index (χ0n) is 7.86. The molecule has 88 valence electrons. The zero-order chi connectivity index (χ0) is 12.5. The van der Waals surface area contributed by atoms with Gasteiger partial charge in [-0.1, -0.05) is 11.6 Å². The molecule has 0 aliphatic rings. The fraction of sp³-hybridized carbons (Fsp3) is 0.222. The van der Waals surface area contributed by atoms with Crippen LogP contribution < -0.4 is 4.74 Å². The number of methoxy groups -OCH3 is 1. The van der Waals surface area contributed by atoms with Gasteiger partial charge in [-0.05, 0) is 23.7 Å². The van der Waals surface area contributed by atoms with E-state index in [-0.39, 0.29) is 5.02 Å². The maximum atomic E-state index is 12.7. The van der Waals surface area contributed by atoms with Crippen LogP contribution in [-0.4, -0.2) is 12.4 Å². The first kappa shape index (κ1) is 13.1. The van der Waals surface area contributed by atoms with Gasteiger partial charge in [-0.2, -0.15) is 13.2 Å². The van der Waals surface area contributed by atoms with E-state index in [0.717, 1.165) is 19.2 Å². The molecule has 0 atom stereocenters. The van der Waals surface area contributed by atoms with Crippen LogP contribution in [-0.2, 0) is 6.18 Å². The molecule has 16 heavy (non-hydrogen) atoms. The minimum absolute atomic E-state index is 0.367. The Morgan fingerprint density at radius 3 is 2.31 bits per heavy atom. The van der Waals surface area contributed by atoms with Crippen LogP contribution >= 0.6 is 23.2 Å². The molecule has 0 radical (unpaired) electrons. The van der Waals surface area contributed by atoms with Crippen molar-refractivity contribution in [3.63, 3.8) is 0 Å². The van der Waals surface area contributed by atoms with Crippen LogP contribution in [0.3, 0.4) is 0 Å². The zero-order valence-corrected chi connectivity index (χ0v) is 9.37. The quantitative estimate of drug-likeness (QED) is 0.767. The lowest BCUT2D eigenvalue weighted by atomic mass is 10.1. The summed E-state index contributed by atoms with van der Waals surface area (Å²) in [5, 5.41) is -1.65. The first-order valence-electron chi connectivity index (χ1n) is 3.92. The molecule has 0 amide bonds. The van der Waals surface area contributed by atoms with Crippen molar-refractivity contribution in [1.29, 1.82) is 0 Å². The first-order chi connectivity index (χ1) is 7.29. The Kier molecular flexibility index (Phi) is 3.70. The summed E-state index contributed by atoms with van der Waals surface area (Å²) >= 11 is 10.6. The molecule has 0 fully saturated rings. The molecule has 0 saturated carbocycles. The van der Waals surface area contributed by atoms with Gasteiger partial charge in [0.05, 0.1) is 17.7 Å². The maximum absolute atomic E-state index is 12.7. The van der Waals surface area contributed by atoms with Crippen LogP contribution in [0.15, 0.2) is 12.1 Å². The lowest BCUT2D eigenvalue weighted by Crippen LogP contribution is -2.13. The van der Waals surface area contributed by atoms with Gasteiger partial charge in [0, 0.05) is 0 Å². The van der Waals surface area contributed by atoms with E-state index in [9.17, 15) is 18.0 Å². The summed E-state index contributed by atoms with van der Waals surface area (Å²) < 4.78 is 42.6. The van der Waals surface area contributed by atoms with Crippen molar-refractivity contribution in [3.05, 3.63) is 28.3 Å². The fourth-order valence-electron chi connectivity index (χ4n) is 1.20. The predicted molar refractivity (Wildman–Crippen MR) is 53.2 cm³/mol. The van der Waals surface area contributed by atoms with E-state index in [1.165, 1.54) is 0 Å². The van der Waals surface area contributed by atoms with Crippen molar-refractivity contribution in [1.82, 2.24) is 0 Å². The van der Waals surface area contributed by atoms with Crippen LogP contribution in [0.25, 0.3) is 0 Å². The molecule has 0 N–H and O–H groups in total. The first-order valence-corrected chi connectivity index (χ1v) is 4.68. The van der Waals surface area contributed by atoms with Gasteiger partial charge in [0.1, 0.15) is 11.3 Å². The van der Waals surface area contributed by atoms with Crippen molar-refractivity contribution >= 4 is 28.4 Å². The Morgan fingerprint density at radius 2 is 1.94 bits per heavy atom. The fourth-order valence-corrected chi connectivity index (χ4v) is 1.69. The van der Waals surface area contributed by atoms with Crippen molar-refractivity contribution in [3.8, 4) is 5.75 Å². The van der Waals surface area contributed by atoms with E-state index < -0.39 is 28.3 Å². The molecule has 0 spiro atoms. The molecular formula is C9H5Cl2F3O2. The van der Waals surface area contributed by atoms with Crippen LogP contribution in [0.2, 0.25) is 5.02 Å². The van der Waals surface area contributed by atoms with Crippen LogP contribution in [0.4, 0.5) is 13.2 Å². The Labute approximate surface area is 98.9 Å². The Morgan fingerprint density at radius 1 is 1.38 bits per heavy atom. The van der Waals surface area contributed by atoms with Crippen molar-refractivity contribution in [2.75, 3.05) is 7.11 Å². The monoisotopic (exact) mass is 272 g/mol. The number of halogens is 5. The van der Waals surface area contributed by atoms with E-state index in [0.29, 0.717) is 0 Å². The molecule has 1 rings (SSSR count). The van der Waals surface area contributed by atoms with Crippen molar-refractivity contribution in [2.45, 2.75) is 6.18 Å². The summed E-state index contributed by atoms with van der Waals surface area (Å²) in [5.74, 6) is -0.499. The molecule has 0 bridgehead atoms. The maximum Gasteiger partial charge on any atom is 0.420 e. The number of carbonyl (C=O) groups excluding carboxylic acids is 1. The van der Waals surface area contributed by atoms with Crippen molar-refractivity contribution in [2.24, 2.45) is 0 Å². The highest BCUT2D eigenvalue weighted by Crippen LogP contribution is 2.41. The molecule has 0 heterocycles. The number of ether oxygens (including phenoxy) is 1. The molecule has 0 unspecified atom stereocenters. The molecule has 0 aromatic heterocycles. The summed E-state index contributed by atoms with van der Waals surface area (Å²) in [7, 11) is 1.06. The van der Waals surface area contributed by atoms with Crippen LogP contribution in [0.5, 0.6) is 5.75 Å². The third kappa shape index (κ3) is 2.41. The number of hydrogen-bond donors (Lipinski definition) is 0. The average molecular weight is 273 g/mol. The van der Waals surface area contributed by atoms with Crippen LogP contribution in [0.1, 0.15) is 15.9 Å². The van der Waals surface area contributed by atoms with Gasteiger partial charge in [-0.15, -0.1) is 0 Å². The Bertz CT molecular complexity index is 429. The third-order valence-corrected chi connectivity index (χ3v) is 2.32. The lowest BCUT2D eigenvalue weighted by Gasteiger charge is -2.15. The normalized spacial score (nSPS) is 11.4. The molecule has 1 aromatic carbocycles. The minimum Gasteiger partial charge on any atom is -0.496 e. The topological polar surface area (TPSA) is 26.3 Å². The number of rotatable bonds is 2. The number of alkyl halides is 3. The average Bonchev–Trinajstić information content (AvgIpc) is 2.15. The Hall–Kier alpha value is -0.940. The predicted octanol–water partition coefficient (Wildman–Crippen LogP) is 3.75. The highest BCUT2D eigenvalue weighted by atomic mass is 35.5. The van der Waals surface area contributed by atoms with Gasteiger partial charge in [-0.3, -0.25) is 4.79 Å². The van der Waals surface area contributed by atoms with Gasteiger partial charge >= 0.3 is 6.18 Å². The molecular weight excluding hydrogens is 268 g/mol. The number of benzene rings is 1. The smallest absolute Gasteiger partial charge is 0.420 e. The molecule has 7 heteroatoms. The summed E-state index contributed by atoms with van der Waals surface area (Å²) in [6, 6.07) is 2.14.